The Labute approximate surface area is 123 Å². The van der Waals surface area contributed by atoms with Crippen molar-refractivity contribution in [2.75, 3.05) is 20.2 Å². The molecular weight excluding hydrogens is 248 g/mol. The van der Waals surface area contributed by atoms with E-state index < -0.39 is 0 Å². The minimum absolute atomic E-state index is 0.0811. The first-order valence-corrected chi connectivity index (χ1v) is 7.89. The fourth-order valence-electron chi connectivity index (χ4n) is 3.06. The van der Waals surface area contributed by atoms with E-state index in [1.165, 1.54) is 37.7 Å². The van der Waals surface area contributed by atoms with Crippen LogP contribution in [0.25, 0.3) is 0 Å². The molecule has 0 radical (unpaired) electrons. The van der Waals surface area contributed by atoms with E-state index >= 15 is 0 Å². The first kappa shape index (κ1) is 15.3. The molecule has 0 bridgehead atoms. The normalized spacial score (nSPS) is 18.2. The number of benzene rings is 1. The molecule has 1 aromatic carbocycles. The Bertz CT molecular complexity index is 384. The summed E-state index contributed by atoms with van der Waals surface area (Å²) in [7, 11) is 2.21. The lowest BCUT2D eigenvalue weighted by atomic mass is 9.94. The molecule has 1 aromatic rings. The Kier molecular flexibility index (Phi) is 5.86. The molecule has 1 atom stereocenters. The van der Waals surface area contributed by atoms with Crippen LogP contribution < -0.4 is 10.5 Å². The van der Waals surface area contributed by atoms with E-state index in [1.807, 2.05) is 19.1 Å². The van der Waals surface area contributed by atoms with Crippen molar-refractivity contribution in [3.8, 4) is 5.75 Å². The summed E-state index contributed by atoms with van der Waals surface area (Å²) in [6.45, 7) is 3.63. The van der Waals surface area contributed by atoms with Crippen molar-refractivity contribution in [2.24, 2.45) is 5.73 Å². The maximum absolute atomic E-state index is 6.34. The van der Waals surface area contributed by atoms with E-state index in [4.69, 9.17) is 10.5 Å². The van der Waals surface area contributed by atoms with Crippen molar-refractivity contribution >= 4 is 0 Å². The minimum atomic E-state index is 0.0811. The molecule has 0 amide bonds. The topological polar surface area (TPSA) is 38.5 Å². The van der Waals surface area contributed by atoms with Crippen LogP contribution in [0, 0.1) is 0 Å². The van der Waals surface area contributed by atoms with E-state index in [2.05, 4.69) is 24.1 Å². The zero-order valence-electron chi connectivity index (χ0n) is 12.8. The molecule has 20 heavy (non-hydrogen) atoms. The molecule has 1 aliphatic rings. The monoisotopic (exact) mass is 276 g/mol. The molecule has 1 aliphatic carbocycles. The average Bonchev–Trinajstić information content (AvgIpc) is 2.49. The number of hydrogen-bond donors (Lipinski definition) is 1. The third kappa shape index (κ3) is 4.22. The molecule has 0 heterocycles. The van der Waals surface area contributed by atoms with E-state index in [1.54, 1.807) is 0 Å². The molecule has 2 N–H and O–H groups in total. The van der Waals surface area contributed by atoms with Crippen molar-refractivity contribution in [3.63, 3.8) is 0 Å². The molecule has 1 fully saturated rings. The maximum atomic E-state index is 6.34. The summed E-state index contributed by atoms with van der Waals surface area (Å²) in [5.41, 5.74) is 7.53. The number of nitrogens with two attached hydrogens (primary N) is 1. The molecule has 2 rings (SSSR count). The van der Waals surface area contributed by atoms with Crippen LogP contribution in [0.2, 0.25) is 0 Å². The van der Waals surface area contributed by atoms with Gasteiger partial charge in [-0.15, -0.1) is 0 Å². The highest BCUT2D eigenvalue weighted by Crippen LogP contribution is 2.23. The van der Waals surface area contributed by atoms with Gasteiger partial charge in [-0.1, -0.05) is 31.4 Å². The molecule has 3 heteroatoms. The van der Waals surface area contributed by atoms with Gasteiger partial charge in [0, 0.05) is 18.6 Å². The second-order valence-corrected chi connectivity index (χ2v) is 5.84. The number of ether oxygens (including phenoxy) is 1. The molecule has 1 unspecified atom stereocenters. The summed E-state index contributed by atoms with van der Waals surface area (Å²) in [6.07, 6.45) is 6.79. The summed E-state index contributed by atoms with van der Waals surface area (Å²) >= 11 is 0. The van der Waals surface area contributed by atoms with E-state index in [0.717, 1.165) is 18.3 Å². The van der Waals surface area contributed by atoms with Gasteiger partial charge in [0.15, 0.2) is 0 Å². The van der Waals surface area contributed by atoms with Crippen molar-refractivity contribution in [2.45, 2.75) is 51.1 Å². The van der Waals surface area contributed by atoms with Crippen molar-refractivity contribution < 1.29 is 4.74 Å². The highest BCUT2D eigenvalue weighted by molar-refractivity contribution is 5.29. The van der Waals surface area contributed by atoms with Gasteiger partial charge in [0.05, 0.1) is 6.61 Å². The molecule has 0 aliphatic heterocycles. The van der Waals surface area contributed by atoms with Gasteiger partial charge in [-0.2, -0.15) is 0 Å². The van der Waals surface area contributed by atoms with E-state index in [9.17, 15) is 0 Å². The van der Waals surface area contributed by atoms with Crippen molar-refractivity contribution in [3.05, 3.63) is 29.8 Å². The van der Waals surface area contributed by atoms with Gasteiger partial charge in [-0.3, -0.25) is 0 Å². The molecule has 112 valence electrons. The minimum Gasteiger partial charge on any atom is -0.494 e. The fraction of sp³-hybridized carbons (Fsp3) is 0.647. The second kappa shape index (κ2) is 7.65. The second-order valence-electron chi connectivity index (χ2n) is 5.84. The highest BCUT2D eigenvalue weighted by atomic mass is 16.5. The van der Waals surface area contributed by atoms with Crippen LogP contribution in [-0.2, 0) is 0 Å². The van der Waals surface area contributed by atoms with Crippen LogP contribution in [0.3, 0.4) is 0 Å². The molecule has 0 saturated heterocycles. The standard InChI is InChI=1S/C17H28N2O/c1-3-20-16-11-9-14(10-12-16)17(18)13-19(2)15-7-5-4-6-8-15/h9-12,15,17H,3-8,13,18H2,1-2H3. The van der Waals surface area contributed by atoms with Crippen LogP contribution in [-0.4, -0.2) is 31.1 Å². The summed E-state index contributed by atoms with van der Waals surface area (Å²) in [4.78, 5) is 2.44. The van der Waals surface area contributed by atoms with Crippen molar-refractivity contribution in [1.29, 1.82) is 0 Å². The Balaban J connectivity index is 1.88. The lowest BCUT2D eigenvalue weighted by molar-refractivity contribution is 0.182. The molecule has 0 spiro atoms. The van der Waals surface area contributed by atoms with Gasteiger partial charge in [0.1, 0.15) is 5.75 Å². The third-order valence-electron chi connectivity index (χ3n) is 4.30. The Morgan fingerprint density at radius 1 is 1.20 bits per heavy atom. The van der Waals surface area contributed by atoms with Gasteiger partial charge in [-0.25, -0.2) is 0 Å². The number of rotatable bonds is 6. The van der Waals surface area contributed by atoms with Gasteiger partial charge >= 0.3 is 0 Å². The largest absolute Gasteiger partial charge is 0.494 e. The first-order valence-electron chi connectivity index (χ1n) is 7.89. The molecule has 0 aromatic heterocycles. The molecule has 3 nitrogen and oxygen atoms in total. The lowest BCUT2D eigenvalue weighted by Gasteiger charge is -2.33. The van der Waals surface area contributed by atoms with Crippen LogP contribution in [0.4, 0.5) is 0 Å². The third-order valence-corrected chi connectivity index (χ3v) is 4.30. The van der Waals surface area contributed by atoms with Crippen molar-refractivity contribution in [1.82, 2.24) is 4.90 Å². The number of hydrogen-bond acceptors (Lipinski definition) is 3. The quantitative estimate of drug-likeness (QED) is 0.866. The van der Waals surface area contributed by atoms with Gasteiger partial charge in [0.2, 0.25) is 0 Å². The fourth-order valence-corrected chi connectivity index (χ4v) is 3.06. The van der Waals surface area contributed by atoms with E-state index in [-0.39, 0.29) is 6.04 Å². The Morgan fingerprint density at radius 2 is 1.85 bits per heavy atom. The zero-order valence-corrected chi connectivity index (χ0v) is 12.8. The predicted molar refractivity (Wildman–Crippen MR) is 84.0 cm³/mol. The summed E-state index contributed by atoms with van der Waals surface area (Å²) < 4.78 is 5.47. The summed E-state index contributed by atoms with van der Waals surface area (Å²) in [5, 5.41) is 0. The summed E-state index contributed by atoms with van der Waals surface area (Å²) in [5.74, 6) is 0.920. The number of likely N-dealkylation sites (N-methyl/N-ethyl adjacent to an activating group) is 1. The summed E-state index contributed by atoms with van der Waals surface area (Å²) in [6, 6.07) is 9.00. The Hall–Kier alpha value is -1.06. The van der Waals surface area contributed by atoms with Gasteiger partial charge < -0.3 is 15.4 Å². The van der Waals surface area contributed by atoms with Crippen LogP contribution in [0.1, 0.15) is 50.6 Å². The lowest BCUT2D eigenvalue weighted by Crippen LogP contribution is -2.38. The number of nitrogens with zero attached hydrogens (tertiary/aromatic N) is 1. The van der Waals surface area contributed by atoms with Gasteiger partial charge in [-0.05, 0) is 44.5 Å². The predicted octanol–water partition coefficient (Wildman–Crippen LogP) is 3.35. The van der Waals surface area contributed by atoms with Crippen LogP contribution in [0.15, 0.2) is 24.3 Å². The Morgan fingerprint density at radius 3 is 2.45 bits per heavy atom. The molecular formula is C17H28N2O. The highest BCUT2D eigenvalue weighted by Gasteiger charge is 2.20. The smallest absolute Gasteiger partial charge is 0.119 e. The zero-order chi connectivity index (χ0) is 14.4. The maximum Gasteiger partial charge on any atom is 0.119 e. The van der Waals surface area contributed by atoms with E-state index in [0.29, 0.717) is 6.61 Å². The van der Waals surface area contributed by atoms with Crippen LogP contribution in [0.5, 0.6) is 5.75 Å². The molecule has 1 saturated carbocycles. The SMILES string of the molecule is CCOc1ccc(C(N)CN(C)C2CCCCC2)cc1. The van der Waals surface area contributed by atoms with Crippen LogP contribution >= 0.6 is 0 Å². The first-order chi connectivity index (χ1) is 9.70. The van der Waals surface area contributed by atoms with Gasteiger partial charge in [0.25, 0.3) is 0 Å². The average molecular weight is 276 g/mol.